The fraction of sp³-hybridized carbons (Fsp3) is 0.400. The highest BCUT2D eigenvalue weighted by Crippen LogP contribution is 2.13. The lowest BCUT2D eigenvalue weighted by Crippen LogP contribution is -2.09. The molecular weight excluding hydrogens is 254 g/mol. The Morgan fingerprint density at radius 3 is 2.75 bits per heavy atom. The van der Waals surface area contributed by atoms with Crippen molar-refractivity contribution in [3.8, 4) is 11.5 Å². The van der Waals surface area contributed by atoms with Gasteiger partial charge in [0.15, 0.2) is 5.75 Å². The zero-order valence-corrected chi connectivity index (χ0v) is 11.8. The van der Waals surface area contributed by atoms with Crippen molar-refractivity contribution in [3.63, 3.8) is 0 Å². The van der Waals surface area contributed by atoms with Gasteiger partial charge in [-0.25, -0.2) is 0 Å². The molecule has 20 heavy (non-hydrogen) atoms. The molecule has 0 saturated carbocycles. The van der Waals surface area contributed by atoms with Crippen molar-refractivity contribution in [2.75, 3.05) is 13.2 Å². The van der Waals surface area contributed by atoms with E-state index in [4.69, 9.17) is 15.2 Å². The highest BCUT2D eigenvalue weighted by molar-refractivity contribution is 5.28. The number of aryl methyl sites for hydroxylation is 1. The minimum absolute atomic E-state index is 0.491. The summed E-state index contributed by atoms with van der Waals surface area (Å²) in [5.41, 5.74) is 6.65. The quantitative estimate of drug-likeness (QED) is 0.750. The van der Waals surface area contributed by atoms with Crippen molar-refractivity contribution in [1.82, 2.24) is 9.78 Å². The van der Waals surface area contributed by atoms with Crippen LogP contribution in [0.1, 0.15) is 18.9 Å². The van der Waals surface area contributed by atoms with E-state index in [1.54, 1.807) is 6.20 Å². The maximum Gasteiger partial charge on any atom is 0.157 e. The average molecular weight is 275 g/mol. The first-order valence-electron chi connectivity index (χ1n) is 6.89. The van der Waals surface area contributed by atoms with E-state index < -0.39 is 0 Å². The minimum atomic E-state index is 0.491. The molecule has 5 nitrogen and oxygen atoms in total. The van der Waals surface area contributed by atoms with E-state index in [0.717, 1.165) is 30.0 Å². The van der Waals surface area contributed by atoms with Crippen molar-refractivity contribution < 1.29 is 9.47 Å². The third-order valence-corrected chi connectivity index (χ3v) is 2.82. The lowest BCUT2D eigenvalue weighted by atomic mass is 10.2. The van der Waals surface area contributed by atoms with Crippen LogP contribution in [0.3, 0.4) is 0 Å². The van der Waals surface area contributed by atoms with E-state index in [1.165, 1.54) is 0 Å². The van der Waals surface area contributed by atoms with Crippen LogP contribution in [-0.4, -0.2) is 23.0 Å². The van der Waals surface area contributed by atoms with Gasteiger partial charge in [-0.3, -0.25) is 4.68 Å². The molecule has 2 rings (SSSR count). The van der Waals surface area contributed by atoms with Crippen molar-refractivity contribution in [1.29, 1.82) is 0 Å². The summed E-state index contributed by atoms with van der Waals surface area (Å²) in [5, 5.41) is 4.20. The van der Waals surface area contributed by atoms with E-state index in [0.29, 0.717) is 19.8 Å². The van der Waals surface area contributed by atoms with Crippen molar-refractivity contribution in [2.24, 2.45) is 5.73 Å². The number of ether oxygens (including phenoxy) is 2. The highest BCUT2D eigenvalue weighted by Gasteiger charge is 2.00. The van der Waals surface area contributed by atoms with E-state index in [9.17, 15) is 0 Å². The molecule has 2 N–H and O–H groups in total. The summed E-state index contributed by atoms with van der Waals surface area (Å²) in [5.74, 6) is 1.59. The molecule has 0 aliphatic heterocycles. The molecule has 1 heterocycles. The molecule has 0 aliphatic carbocycles. The first-order valence-corrected chi connectivity index (χ1v) is 6.89. The van der Waals surface area contributed by atoms with Crippen LogP contribution >= 0.6 is 0 Å². The van der Waals surface area contributed by atoms with Gasteiger partial charge in [0, 0.05) is 13.1 Å². The fourth-order valence-corrected chi connectivity index (χ4v) is 1.85. The topological polar surface area (TPSA) is 62.3 Å². The Bertz CT molecular complexity index is 525. The predicted octanol–water partition coefficient (Wildman–Crippen LogP) is 2.21. The van der Waals surface area contributed by atoms with Gasteiger partial charge < -0.3 is 15.2 Å². The predicted molar refractivity (Wildman–Crippen MR) is 77.8 cm³/mol. The van der Waals surface area contributed by atoms with E-state index in [2.05, 4.69) is 12.0 Å². The molecule has 0 atom stereocenters. The summed E-state index contributed by atoms with van der Waals surface area (Å²) in [7, 11) is 0. The Hall–Kier alpha value is -2.01. The molecule has 2 aromatic rings. The van der Waals surface area contributed by atoms with Crippen molar-refractivity contribution in [2.45, 2.75) is 26.4 Å². The average Bonchev–Trinajstić information content (AvgIpc) is 2.92. The smallest absolute Gasteiger partial charge is 0.157 e. The third kappa shape index (κ3) is 4.28. The van der Waals surface area contributed by atoms with E-state index in [-0.39, 0.29) is 0 Å². The van der Waals surface area contributed by atoms with Gasteiger partial charge in [0.2, 0.25) is 0 Å². The number of nitrogens with zero attached hydrogens (tertiary/aromatic N) is 2. The Balaban J connectivity index is 1.72. The SMILES string of the molecule is CCCn1cc(OCCOc2cccc(CN)c2)cn1. The number of rotatable bonds is 8. The molecule has 0 bridgehead atoms. The summed E-state index contributed by atoms with van der Waals surface area (Å²) >= 11 is 0. The normalized spacial score (nSPS) is 10.5. The van der Waals surface area contributed by atoms with Crippen LogP contribution in [0.5, 0.6) is 11.5 Å². The Morgan fingerprint density at radius 2 is 2.00 bits per heavy atom. The fourth-order valence-electron chi connectivity index (χ4n) is 1.85. The molecule has 1 aromatic carbocycles. The molecular formula is C15H21N3O2. The second-order valence-corrected chi connectivity index (χ2v) is 4.49. The van der Waals surface area contributed by atoms with Gasteiger partial charge in [0.1, 0.15) is 19.0 Å². The number of hydrogen-bond acceptors (Lipinski definition) is 4. The Kier molecular flexibility index (Phi) is 5.43. The van der Waals surface area contributed by atoms with Gasteiger partial charge in [-0.15, -0.1) is 0 Å². The largest absolute Gasteiger partial charge is 0.490 e. The first-order chi connectivity index (χ1) is 9.81. The van der Waals surface area contributed by atoms with E-state index in [1.807, 2.05) is 35.1 Å². The number of aromatic nitrogens is 2. The van der Waals surface area contributed by atoms with Gasteiger partial charge in [-0.2, -0.15) is 5.10 Å². The molecule has 108 valence electrons. The summed E-state index contributed by atoms with van der Waals surface area (Å²) in [4.78, 5) is 0. The van der Waals surface area contributed by atoms with Crippen LogP contribution in [0.4, 0.5) is 0 Å². The van der Waals surface area contributed by atoms with Crippen molar-refractivity contribution >= 4 is 0 Å². The maximum atomic E-state index is 5.62. The molecule has 0 fully saturated rings. The van der Waals surface area contributed by atoms with Gasteiger partial charge in [-0.05, 0) is 24.1 Å². The molecule has 5 heteroatoms. The van der Waals surface area contributed by atoms with E-state index >= 15 is 0 Å². The first kappa shape index (κ1) is 14.4. The monoisotopic (exact) mass is 275 g/mol. The molecule has 0 amide bonds. The highest BCUT2D eigenvalue weighted by atomic mass is 16.5. The van der Waals surface area contributed by atoms with Gasteiger partial charge in [0.25, 0.3) is 0 Å². The van der Waals surface area contributed by atoms with Crippen LogP contribution < -0.4 is 15.2 Å². The lowest BCUT2D eigenvalue weighted by molar-refractivity contribution is 0.217. The van der Waals surface area contributed by atoms with Crippen LogP contribution in [0, 0.1) is 0 Å². The second kappa shape index (κ2) is 7.55. The maximum absolute atomic E-state index is 5.62. The summed E-state index contributed by atoms with van der Waals surface area (Å²) < 4.78 is 13.1. The molecule has 0 radical (unpaired) electrons. The van der Waals surface area contributed by atoms with Crippen LogP contribution in [0.15, 0.2) is 36.7 Å². The Morgan fingerprint density at radius 1 is 1.20 bits per heavy atom. The molecule has 0 spiro atoms. The minimum Gasteiger partial charge on any atom is -0.490 e. The molecule has 0 aliphatic rings. The van der Waals surface area contributed by atoms with Crippen LogP contribution in [0.25, 0.3) is 0 Å². The number of benzene rings is 1. The zero-order chi connectivity index (χ0) is 14.2. The number of hydrogen-bond donors (Lipinski definition) is 1. The summed E-state index contributed by atoms with van der Waals surface area (Å²) in [6.07, 6.45) is 4.69. The zero-order valence-electron chi connectivity index (χ0n) is 11.8. The van der Waals surface area contributed by atoms with Gasteiger partial charge in [0.05, 0.1) is 12.4 Å². The standard InChI is InChI=1S/C15H21N3O2/c1-2-6-18-12-15(11-17-18)20-8-7-19-14-5-3-4-13(9-14)10-16/h3-5,9,11-12H,2,6-8,10,16H2,1H3. The molecule has 0 saturated heterocycles. The van der Waals surface area contributed by atoms with Gasteiger partial charge in [-0.1, -0.05) is 19.1 Å². The third-order valence-electron chi connectivity index (χ3n) is 2.82. The molecule has 1 aromatic heterocycles. The summed E-state index contributed by atoms with van der Waals surface area (Å²) in [6, 6.07) is 7.77. The molecule has 0 unspecified atom stereocenters. The lowest BCUT2D eigenvalue weighted by Gasteiger charge is -2.08. The van der Waals surface area contributed by atoms with Crippen LogP contribution in [0.2, 0.25) is 0 Å². The second-order valence-electron chi connectivity index (χ2n) is 4.49. The summed E-state index contributed by atoms with van der Waals surface area (Å²) in [6.45, 7) is 4.53. The van der Waals surface area contributed by atoms with Crippen molar-refractivity contribution in [3.05, 3.63) is 42.2 Å². The number of nitrogens with two attached hydrogens (primary N) is 1. The Labute approximate surface area is 119 Å². The van der Waals surface area contributed by atoms with Crippen LogP contribution in [-0.2, 0) is 13.1 Å². The van der Waals surface area contributed by atoms with Gasteiger partial charge >= 0.3 is 0 Å².